The van der Waals surface area contributed by atoms with E-state index >= 15 is 0 Å². The molecule has 0 amide bonds. The van der Waals surface area contributed by atoms with Crippen LogP contribution in [0.3, 0.4) is 0 Å². The Morgan fingerprint density at radius 1 is 1.00 bits per heavy atom. The molecule has 0 saturated heterocycles. The van der Waals surface area contributed by atoms with E-state index in [1.165, 1.54) is 43.6 Å². The van der Waals surface area contributed by atoms with E-state index in [1.807, 2.05) is 0 Å². The molecule has 0 fully saturated rings. The molecule has 0 aromatic heterocycles. The Bertz CT molecular complexity index is 123. The summed E-state index contributed by atoms with van der Waals surface area (Å²) in [7, 11) is 0. The first-order valence-corrected chi connectivity index (χ1v) is 5.87. The number of rotatable bonds is 9. The summed E-state index contributed by atoms with van der Waals surface area (Å²) in [5.41, 5.74) is 0.976. The number of unbranched alkanes of at least 4 members (excludes halogenated alkanes) is 4. The molecule has 1 N–H and O–H groups in total. The molecule has 0 heterocycles. The van der Waals surface area contributed by atoms with Crippen LogP contribution in [0.15, 0.2) is 0 Å². The summed E-state index contributed by atoms with van der Waals surface area (Å²) in [6.45, 7) is 2.21. The van der Waals surface area contributed by atoms with E-state index in [-0.39, 0.29) is 0 Å². The molecule has 0 aliphatic rings. The van der Waals surface area contributed by atoms with Crippen molar-refractivity contribution in [1.82, 2.24) is 0 Å². The SMILES string of the molecule is [Li][CH2]CCCCC(=N)CCCCC. The van der Waals surface area contributed by atoms with Crippen LogP contribution in [0, 0.1) is 5.41 Å². The Balaban J connectivity index is 3.11. The van der Waals surface area contributed by atoms with Gasteiger partial charge < -0.3 is 0 Å². The number of hydrogen-bond donors (Lipinski definition) is 1. The van der Waals surface area contributed by atoms with Gasteiger partial charge in [0.05, 0.1) is 0 Å². The minimum absolute atomic E-state index is 0.976. The zero-order valence-corrected chi connectivity index (χ0v) is 9.36. The fourth-order valence-electron chi connectivity index (χ4n) is 1.48. The summed E-state index contributed by atoms with van der Waals surface area (Å²) >= 11 is 2.23. The molecule has 72 valence electrons. The van der Waals surface area contributed by atoms with Crippen LogP contribution in [0.5, 0.6) is 0 Å². The first-order chi connectivity index (χ1) is 6.31. The zero-order chi connectivity index (χ0) is 9.94. The van der Waals surface area contributed by atoms with E-state index < -0.39 is 0 Å². The monoisotopic (exact) mass is 175 g/mol. The summed E-state index contributed by atoms with van der Waals surface area (Å²) in [5.74, 6) is 0. The Hall–Kier alpha value is 0.267. The maximum absolute atomic E-state index is 7.70. The second-order valence-electron chi connectivity index (χ2n) is 3.87. The number of hydrogen-bond acceptors (Lipinski definition) is 1. The predicted octanol–water partition coefficient (Wildman–Crippen LogP) is 3.73. The van der Waals surface area contributed by atoms with E-state index in [9.17, 15) is 0 Å². The van der Waals surface area contributed by atoms with Crippen LogP contribution in [0.1, 0.15) is 58.3 Å². The molecular weight excluding hydrogens is 153 g/mol. The second kappa shape index (κ2) is 10.3. The van der Waals surface area contributed by atoms with E-state index in [0.717, 1.165) is 18.6 Å². The van der Waals surface area contributed by atoms with Gasteiger partial charge in [-0.2, -0.15) is 0 Å². The molecule has 0 spiro atoms. The number of nitrogens with one attached hydrogen (secondary N) is 1. The molecule has 0 bridgehead atoms. The van der Waals surface area contributed by atoms with Crippen LogP contribution < -0.4 is 0 Å². The third kappa shape index (κ3) is 10.2. The van der Waals surface area contributed by atoms with Crippen LogP contribution in [-0.2, 0) is 0 Å². The fourth-order valence-corrected chi connectivity index (χ4v) is 1.48. The first-order valence-electron chi connectivity index (χ1n) is 5.87. The first kappa shape index (κ1) is 13.3. The van der Waals surface area contributed by atoms with Gasteiger partial charge in [0.15, 0.2) is 0 Å². The van der Waals surface area contributed by atoms with Crippen LogP contribution in [0.4, 0.5) is 0 Å². The molecule has 2 heteroatoms. The van der Waals surface area contributed by atoms with Crippen LogP contribution >= 0.6 is 0 Å². The topological polar surface area (TPSA) is 23.9 Å². The zero-order valence-electron chi connectivity index (χ0n) is 9.36. The standard InChI is InChI=1S/C11H22N.Li/c1-3-5-7-9-11(12)10-8-6-4-2;/h12H,1,3-10H2,2H3;. The quantitative estimate of drug-likeness (QED) is 0.313. The van der Waals surface area contributed by atoms with E-state index in [0.29, 0.717) is 0 Å². The van der Waals surface area contributed by atoms with Crippen molar-refractivity contribution >= 4 is 23.4 Å². The van der Waals surface area contributed by atoms with Crippen molar-refractivity contribution in [3.8, 4) is 0 Å². The summed E-state index contributed by atoms with van der Waals surface area (Å²) in [6.07, 6.45) is 9.75. The van der Waals surface area contributed by atoms with Crippen molar-refractivity contribution in [3.05, 3.63) is 0 Å². The molecule has 0 saturated carbocycles. The van der Waals surface area contributed by atoms with Gasteiger partial charge >= 0.3 is 92.2 Å². The Morgan fingerprint density at radius 2 is 1.62 bits per heavy atom. The van der Waals surface area contributed by atoms with E-state index in [4.69, 9.17) is 5.41 Å². The Kier molecular flexibility index (Phi) is 10.6. The van der Waals surface area contributed by atoms with Crippen molar-refractivity contribution in [2.24, 2.45) is 0 Å². The van der Waals surface area contributed by atoms with Gasteiger partial charge in [-0.1, -0.05) is 0 Å². The van der Waals surface area contributed by atoms with Gasteiger partial charge in [-0.25, -0.2) is 0 Å². The van der Waals surface area contributed by atoms with E-state index in [1.54, 1.807) is 0 Å². The van der Waals surface area contributed by atoms with Crippen LogP contribution in [0.25, 0.3) is 0 Å². The molecule has 1 nitrogen and oxygen atoms in total. The summed E-state index contributed by atoms with van der Waals surface area (Å²) < 4.78 is 0. The third-order valence-corrected chi connectivity index (χ3v) is 2.41. The van der Waals surface area contributed by atoms with Crippen molar-refractivity contribution in [2.75, 3.05) is 0 Å². The normalized spacial score (nSPS) is 10.4. The van der Waals surface area contributed by atoms with Gasteiger partial charge in [-0.15, -0.1) is 0 Å². The van der Waals surface area contributed by atoms with Crippen LogP contribution in [0.2, 0.25) is 5.09 Å². The van der Waals surface area contributed by atoms with Gasteiger partial charge in [0.2, 0.25) is 0 Å². The van der Waals surface area contributed by atoms with Crippen molar-refractivity contribution in [3.63, 3.8) is 0 Å². The molecule has 0 atom stereocenters. The molecule has 0 aromatic carbocycles. The van der Waals surface area contributed by atoms with Crippen molar-refractivity contribution in [2.45, 2.75) is 63.4 Å². The van der Waals surface area contributed by atoms with Gasteiger partial charge in [0.25, 0.3) is 0 Å². The summed E-state index contributed by atoms with van der Waals surface area (Å²) in [4.78, 5) is 0. The molecular formula is C11H22LiN. The second-order valence-corrected chi connectivity index (χ2v) is 3.87. The average Bonchev–Trinajstić information content (AvgIpc) is 2.13. The molecule has 0 rings (SSSR count). The molecule has 0 aliphatic heterocycles. The Labute approximate surface area is 92.4 Å². The van der Waals surface area contributed by atoms with Gasteiger partial charge in [-0.3, -0.25) is 0 Å². The van der Waals surface area contributed by atoms with E-state index in [2.05, 4.69) is 24.6 Å². The van der Waals surface area contributed by atoms with Crippen molar-refractivity contribution in [1.29, 1.82) is 5.41 Å². The molecule has 0 unspecified atom stereocenters. The van der Waals surface area contributed by atoms with Crippen molar-refractivity contribution < 1.29 is 0 Å². The van der Waals surface area contributed by atoms with Gasteiger partial charge in [0, 0.05) is 0 Å². The summed E-state index contributed by atoms with van der Waals surface area (Å²) in [6, 6.07) is 0. The molecule has 0 aliphatic carbocycles. The molecule has 13 heavy (non-hydrogen) atoms. The predicted molar refractivity (Wildman–Crippen MR) is 60.9 cm³/mol. The third-order valence-electron chi connectivity index (χ3n) is 2.41. The summed E-state index contributed by atoms with van der Waals surface area (Å²) in [5, 5.41) is 9.00. The van der Waals surface area contributed by atoms with Crippen LogP contribution in [-0.4, -0.2) is 23.4 Å². The minimum atomic E-state index is 0.976. The molecule has 0 aromatic rings. The average molecular weight is 175 g/mol. The van der Waals surface area contributed by atoms with Gasteiger partial charge in [-0.05, 0) is 0 Å². The maximum atomic E-state index is 7.70. The Morgan fingerprint density at radius 3 is 2.15 bits per heavy atom. The van der Waals surface area contributed by atoms with Gasteiger partial charge in [0.1, 0.15) is 0 Å². The fraction of sp³-hybridized carbons (Fsp3) is 0.909. The molecule has 0 radical (unpaired) electrons.